The van der Waals surface area contributed by atoms with E-state index in [2.05, 4.69) is 11.8 Å². The van der Waals surface area contributed by atoms with Gasteiger partial charge in [0.25, 0.3) is 0 Å². The molecule has 4 rings (SSSR count). The summed E-state index contributed by atoms with van der Waals surface area (Å²) in [6.07, 6.45) is 3.07. The second-order valence-corrected chi connectivity index (χ2v) is 7.13. The van der Waals surface area contributed by atoms with Crippen molar-refractivity contribution in [2.75, 3.05) is 0 Å². The summed E-state index contributed by atoms with van der Waals surface area (Å²) in [4.78, 5) is 0. The quantitative estimate of drug-likeness (QED) is 0.588. The molecular formula is C11H14OS. The van der Waals surface area contributed by atoms with Crippen LogP contribution in [0.5, 0.6) is 0 Å². The van der Waals surface area contributed by atoms with E-state index in [1.807, 2.05) is 0 Å². The van der Waals surface area contributed by atoms with Crippen LogP contribution in [0.4, 0.5) is 0 Å². The van der Waals surface area contributed by atoms with Crippen LogP contribution in [-0.4, -0.2) is 21.7 Å². The maximum atomic E-state index is 10.2. The first kappa shape index (κ1) is 6.73. The number of aliphatic hydroxyl groups excluding tert-OH is 1. The molecular weight excluding hydrogens is 180 g/mol. The van der Waals surface area contributed by atoms with Crippen LogP contribution in [0.15, 0.2) is 0 Å². The first-order valence-corrected chi connectivity index (χ1v) is 6.66. The van der Waals surface area contributed by atoms with Crippen molar-refractivity contribution in [2.45, 2.75) is 29.4 Å². The molecule has 0 aromatic rings. The summed E-state index contributed by atoms with van der Waals surface area (Å²) in [7, 11) is 0. The Balaban J connectivity index is 1.79. The van der Waals surface area contributed by atoms with Gasteiger partial charge in [0.1, 0.15) is 0 Å². The van der Waals surface area contributed by atoms with Gasteiger partial charge in [-0.3, -0.25) is 0 Å². The molecule has 0 spiro atoms. The molecule has 0 amide bonds. The first-order valence-electron chi connectivity index (χ1n) is 5.71. The van der Waals surface area contributed by atoms with Crippen molar-refractivity contribution in [1.29, 1.82) is 0 Å². The highest BCUT2D eigenvalue weighted by molar-refractivity contribution is 8.01. The molecule has 70 valence electrons. The van der Waals surface area contributed by atoms with Crippen molar-refractivity contribution >= 4 is 11.8 Å². The highest BCUT2D eigenvalue weighted by Crippen LogP contribution is 2.79. The molecule has 1 nitrogen and oxygen atoms in total. The van der Waals surface area contributed by atoms with Crippen molar-refractivity contribution in [1.82, 2.24) is 0 Å². The highest BCUT2D eigenvalue weighted by Gasteiger charge is 2.78. The normalized spacial score (nSPS) is 80.5. The minimum atomic E-state index is 0.118. The van der Waals surface area contributed by atoms with E-state index < -0.39 is 0 Å². The second kappa shape index (κ2) is 1.71. The molecule has 9 atom stereocenters. The van der Waals surface area contributed by atoms with E-state index in [0.717, 1.165) is 46.0 Å². The number of thioether (sulfide) groups is 1. The Morgan fingerprint density at radius 1 is 0.846 bits per heavy atom. The lowest BCUT2D eigenvalue weighted by Crippen LogP contribution is -2.54. The Labute approximate surface area is 82.3 Å². The van der Waals surface area contributed by atoms with Gasteiger partial charge in [-0.25, -0.2) is 0 Å². The van der Waals surface area contributed by atoms with Gasteiger partial charge in [-0.2, -0.15) is 11.8 Å². The molecule has 0 aromatic heterocycles. The summed E-state index contributed by atoms with van der Waals surface area (Å²) < 4.78 is 0. The maximum Gasteiger partial charge on any atom is 0.0623 e. The summed E-state index contributed by atoms with van der Waals surface area (Å²) in [5.41, 5.74) is 0. The van der Waals surface area contributed by atoms with Gasteiger partial charge < -0.3 is 5.11 Å². The van der Waals surface area contributed by atoms with E-state index in [-0.39, 0.29) is 6.10 Å². The Morgan fingerprint density at radius 3 is 2.62 bits per heavy atom. The third kappa shape index (κ3) is 0.460. The average Bonchev–Trinajstić information content (AvgIpc) is 2.42. The summed E-state index contributed by atoms with van der Waals surface area (Å²) in [6.45, 7) is 0. The molecule has 3 aliphatic carbocycles. The van der Waals surface area contributed by atoms with Gasteiger partial charge in [0.2, 0.25) is 0 Å². The predicted molar refractivity (Wildman–Crippen MR) is 51.3 cm³/mol. The van der Waals surface area contributed by atoms with Gasteiger partial charge in [0.05, 0.1) is 6.10 Å². The van der Waals surface area contributed by atoms with Crippen molar-refractivity contribution in [3.05, 3.63) is 0 Å². The zero-order valence-electron chi connectivity index (χ0n) is 7.47. The van der Waals surface area contributed by atoms with Crippen LogP contribution >= 0.6 is 11.8 Å². The van der Waals surface area contributed by atoms with Crippen LogP contribution in [0.25, 0.3) is 0 Å². The highest BCUT2D eigenvalue weighted by atomic mass is 32.2. The number of fused-ring (bicyclic) bond motifs is 9. The van der Waals surface area contributed by atoms with Crippen molar-refractivity contribution < 1.29 is 5.11 Å². The van der Waals surface area contributed by atoms with E-state index in [9.17, 15) is 5.11 Å². The van der Waals surface area contributed by atoms with Crippen LogP contribution < -0.4 is 0 Å². The lowest BCUT2D eigenvalue weighted by Gasteiger charge is -2.53. The average molecular weight is 194 g/mol. The van der Waals surface area contributed by atoms with Gasteiger partial charge in [-0.1, -0.05) is 0 Å². The molecule has 0 radical (unpaired) electrons. The van der Waals surface area contributed by atoms with Gasteiger partial charge in [0.15, 0.2) is 0 Å². The molecule has 13 heavy (non-hydrogen) atoms. The van der Waals surface area contributed by atoms with Crippen LogP contribution in [0.1, 0.15) is 12.8 Å². The van der Waals surface area contributed by atoms with E-state index in [1.54, 1.807) is 0 Å². The van der Waals surface area contributed by atoms with E-state index in [1.165, 1.54) is 12.8 Å². The van der Waals surface area contributed by atoms with Gasteiger partial charge in [-0.15, -0.1) is 0 Å². The Morgan fingerprint density at radius 2 is 1.69 bits per heavy atom. The molecule has 3 saturated carbocycles. The monoisotopic (exact) mass is 194 g/mol. The molecule has 0 unspecified atom stereocenters. The number of hydrogen-bond donors (Lipinski definition) is 1. The van der Waals surface area contributed by atoms with Crippen molar-refractivity contribution in [3.8, 4) is 0 Å². The fourth-order valence-corrected chi connectivity index (χ4v) is 8.23. The SMILES string of the molecule is O[C@@H]1[C@@H]2[C@@H]3CC[C@H]4[C@H]2S[C@@H]2[C@H]1[C@@H]3[C@@H]42. The van der Waals surface area contributed by atoms with E-state index >= 15 is 0 Å². The zero-order valence-corrected chi connectivity index (χ0v) is 8.28. The van der Waals surface area contributed by atoms with Crippen LogP contribution in [-0.2, 0) is 0 Å². The van der Waals surface area contributed by atoms with Gasteiger partial charge in [0, 0.05) is 22.3 Å². The zero-order chi connectivity index (χ0) is 8.32. The Hall–Kier alpha value is 0.310. The number of rotatable bonds is 0. The minimum Gasteiger partial charge on any atom is -0.392 e. The molecule has 0 bridgehead atoms. The minimum absolute atomic E-state index is 0.118. The lowest BCUT2D eigenvalue weighted by molar-refractivity contribution is -0.0354. The predicted octanol–water partition coefficient (Wildman–Crippen LogP) is 1.36. The maximum absolute atomic E-state index is 10.2. The Bertz CT molecular complexity index is 292. The molecule has 4 fully saturated rings. The van der Waals surface area contributed by atoms with Crippen LogP contribution in [0.3, 0.4) is 0 Å². The number of aliphatic hydroxyl groups is 1. The molecule has 1 saturated heterocycles. The molecule has 0 aromatic carbocycles. The summed E-state index contributed by atoms with van der Waals surface area (Å²) >= 11 is 2.27. The lowest BCUT2D eigenvalue weighted by atomic mass is 9.50. The summed E-state index contributed by atoms with van der Waals surface area (Å²) in [6, 6.07) is 0. The molecule has 1 N–H and O–H groups in total. The van der Waals surface area contributed by atoms with Gasteiger partial charge >= 0.3 is 0 Å². The fraction of sp³-hybridized carbons (Fsp3) is 1.00. The van der Waals surface area contributed by atoms with Gasteiger partial charge in [-0.05, 0) is 36.5 Å². The van der Waals surface area contributed by atoms with Crippen molar-refractivity contribution in [3.63, 3.8) is 0 Å². The topological polar surface area (TPSA) is 20.2 Å². The number of hydrogen-bond acceptors (Lipinski definition) is 2. The molecule has 4 aliphatic rings. The van der Waals surface area contributed by atoms with Crippen LogP contribution in [0.2, 0.25) is 0 Å². The van der Waals surface area contributed by atoms with Crippen molar-refractivity contribution in [2.24, 2.45) is 35.5 Å². The third-order valence-electron chi connectivity index (χ3n) is 5.87. The molecule has 1 heterocycles. The third-order valence-corrected chi connectivity index (χ3v) is 7.79. The molecule has 1 aliphatic heterocycles. The Kier molecular flexibility index (Phi) is 0.887. The summed E-state index contributed by atoms with van der Waals surface area (Å²) in [5.74, 6) is 5.50. The summed E-state index contributed by atoms with van der Waals surface area (Å²) in [5, 5.41) is 12.0. The fourth-order valence-electron chi connectivity index (χ4n) is 5.72. The van der Waals surface area contributed by atoms with Crippen LogP contribution in [0, 0.1) is 35.5 Å². The smallest absolute Gasteiger partial charge is 0.0623 e. The van der Waals surface area contributed by atoms with E-state index in [0.29, 0.717) is 0 Å². The second-order valence-electron chi connectivity index (χ2n) is 5.77. The molecule has 2 heteroatoms. The first-order chi connectivity index (χ1) is 6.38. The standard InChI is InChI=1S/C11H14OS/c12-9-7-3-1-2-4-6-5(3)8(9)11(6)13-10(4)7/h3-12H,1-2H2/t3-,4-,5+,6-,7+,8+,9-,10-,11+/m1/s1. The van der Waals surface area contributed by atoms with E-state index in [4.69, 9.17) is 0 Å². The largest absolute Gasteiger partial charge is 0.392 e.